The van der Waals surface area contributed by atoms with E-state index in [1.54, 1.807) is 13.0 Å². The summed E-state index contributed by atoms with van der Waals surface area (Å²) in [6.45, 7) is 3.19. The molecule has 0 spiro atoms. The van der Waals surface area contributed by atoms with Gasteiger partial charge in [-0.15, -0.1) is 0 Å². The maximum Gasteiger partial charge on any atom is 0.317 e. The van der Waals surface area contributed by atoms with Crippen LogP contribution >= 0.6 is 11.6 Å². The van der Waals surface area contributed by atoms with Crippen LogP contribution in [0.5, 0.6) is 0 Å². The van der Waals surface area contributed by atoms with Gasteiger partial charge in [0.05, 0.1) is 5.03 Å². The van der Waals surface area contributed by atoms with E-state index in [1.165, 1.54) is 13.0 Å². The molecule has 0 radical (unpaired) electrons. The van der Waals surface area contributed by atoms with Crippen LogP contribution in [0.15, 0.2) is 22.9 Å². The molecule has 1 rings (SSSR count). The van der Waals surface area contributed by atoms with E-state index in [9.17, 15) is 9.90 Å². The van der Waals surface area contributed by atoms with Gasteiger partial charge in [-0.1, -0.05) is 24.6 Å². The number of aliphatic hydroxyl groups excluding tert-OH is 1. The van der Waals surface area contributed by atoms with Crippen LogP contribution in [-0.2, 0) is 4.79 Å². The predicted octanol–water partition coefficient (Wildman–Crippen LogP) is 2.29. The van der Waals surface area contributed by atoms with Crippen LogP contribution < -0.4 is 0 Å². The molecule has 3 nitrogen and oxygen atoms in total. The van der Waals surface area contributed by atoms with Crippen molar-refractivity contribution in [2.45, 2.75) is 13.8 Å². The van der Waals surface area contributed by atoms with Gasteiger partial charge in [0.1, 0.15) is 11.2 Å². The Bertz CT molecular complexity index is 306. The first-order chi connectivity index (χ1) is 5.90. The van der Waals surface area contributed by atoms with Crippen LogP contribution in [0.3, 0.4) is 0 Å². The van der Waals surface area contributed by atoms with Crippen LogP contribution in [-0.4, -0.2) is 16.2 Å². The minimum absolute atomic E-state index is 0.100. The van der Waals surface area contributed by atoms with Crippen LogP contribution in [0.25, 0.3) is 0 Å². The highest BCUT2D eigenvalue weighted by Gasteiger charge is 2.44. The summed E-state index contributed by atoms with van der Waals surface area (Å²) in [4.78, 5) is 11.0. The smallest absolute Gasteiger partial charge is 0.317 e. The molecule has 0 saturated carbocycles. The van der Waals surface area contributed by atoms with Gasteiger partial charge in [0.15, 0.2) is 0 Å². The molecule has 0 aromatic carbocycles. The Hall–Kier alpha value is -0.960. The van der Waals surface area contributed by atoms with Crippen LogP contribution in [0, 0.1) is 11.3 Å². The van der Waals surface area contributed by atoms with E-state index in [2.05, 4.69) is 0 Å². The number of hydrogen-bond donors (Lipinski definition) is 2. The summed E-state index contributed by atoms with van der Waals surface area (Å²) in [6, 6.07) is 0. The molecular formula is C9H11ClO3. The zero-order chi connectivity index (χ0) is 10.2. The summed E-state index contributed by atoms with van der Waals surface area (Å²) < 4.78 is 0. The molecule has 72 valence electrons. The van der Waals surface area contributed by atoms with Crippen LogP contribution in [0.4, 0.5) is 0 Å². The lowest BCUT2D eigenvalue weighted by Crippen LogP contribution is -2.37. The Labute approximate surface area is 81.3 Å². The minimum Gasteiger partial charge on any atom is -0.510 e. The molecule has 0 heterocycles. The van der Waals surface area contributed by atoms with Crippen LogP contribution in [0.2, 0.25) is 0 Å². The monoisotopic (exact) mass is 202 g/mol. The Morgan fingerprint density at radius 2 is 2.23 bits per heavy atom. The van der Waals surface area contributed by atoms with Crippen LogP contribution in [0.1, 0.15) is 13.8 Å². The SMILES string of the molecule is CC1C=CC(Cl)=C(O)C1(C)C(=O)O. The molecule has 1 aliphatic rings. The van der Waals surface area contributed by atoms with Crippen molar-refractivity contribution in [3.05, 3.63) is 22.9 Å². The lowest BCUT2D eigenvalue weighted by Gasteiger charge is -2.31. The highest BCUT2D eigenvalue weighted by Crippen LogP contribution is 2.41. The van der Waals surface area contributed by atoms with E-state index in [0.717, 1.165) is 0 Å². The number of allylic oxidation sites excluding steroid dienone is 3. The lowest BCUT2D eigenvalue weighted by molar-refractivity contribution is -0.149. The number of aliphatic hydroxyl groups is 1. The van der Waals surface area contributed by atoms with E-state index in [1.807, 2.05) is 0 Å². The third kappa shape index (κ3) is 1.33. The maximum atomic E-state index is 11.0. The molecule has 4 heteroatoms. The number of halogens is 1. The highest BCUT2D eigenvalue weighted by atomic mass is 35.5. The summed E-state index contributed by atoms with van der Waals surface area (Å²) >= 11 is 5.64. The van der Waals surface area contributed by atoms with E-state index in [0.29, 0.717) is 0 Å². The van der Waals surface area contributed by atoms with Gasteiger partial charge in [-0.3, -0.25) is 4.79 Å². The number of rotatable bonds is 1. The third-order valence-corrected chi connectivity index (χ3v) is 2.91. The van der Waals surface area contributed by atoms with Gasteiger partial charge in [-0.25, -0.2) is 0 Å². The van der Waals surface area contributed by atoms with Crippen molar-refractivity contribution >= 4 is 17.6 Å². The standard InChI is InChI=1S/C9H11ClO3/c1-5-3-4-6(10)7(11)9(5,2)8(12)13/h3-5,11H,1-2H3,(H,12,13). The first-order valence-corrected chi connectivity index (χ1v) is 4.29. The Balaban J connectivity index is 3.24. The molecular weight excluding hydrogens is 192 g/mol. The second-order valence-electron chi connectivity index (χ2n) is 3.35. The molecule has 0 aromatic rings. The van der Waals surface area contributed by atoms with Gasteiger partial charge in [0, 0.05) is 0 Å². The molecule has 2 atom stereocenters. The van der Waals surface area contributed by atoms with E-state index in [4.69, 9.17) is 16.7 Å². The first kappa shape index (κ1) is 10.1. The molecule has 0 aromatic heterocycles. The first-order valence-electron chi connectivity index (χ1n) is 3.91. The lowest BCUT2D eigenvalue weighted by atomic mass is 9.74. The topological polar surface area (TPSA) is 57.5 Å². The molecule has 2 N–H and O–H groups in total. The number of carboxylic acid groups (broad SMARTS) is 1. The quantitative estimate of drug-likeness (QED) is 0.686. The Morgan fingerprint density at radius 1 is 1.69 bits per heavy atom. The minimum atomic E-state index is -1.30. The van der Waals surface area contributed by atoms with Gasteiger partial charge in [-0.05, 0) is 18.9 Å². The normalized spacial score (nSPS) is 33.6. The molecule has 13 heavy (non-hydrogen) atoms. The van der Waals surface area contributed by atoms with Crippen molar-refractivity contribution in [2.75, 3.05) is 0 Å². The average Bonchev–Trinajstić information content (AvgIpc) is 2.08. The van der Waals surface area contributed by atoms with Crippen molar-refractivity contribution < 1.29 is 15.0 Å². The van der Waals surface area contributed by atoms with E-state index < -0.39 is 11.4 Å². The number of carbonyl (C=O) groups is 1. The molecule has 0 bridgehead atoms. The fourth-order valence-electron chi connectivity index (χ4n) is 1.26. The Morgan fingerprint density at radius 3 is 2.62 bits per heavy atom. The second-order valence-corrected chi connectivity index (χ2v) is 3.76. The van der Waals surface area contributed by atoms with E-state index >= 15 is 0 Å². The number of carboxylic acids is 1. The summed E-state index contributed by atoms with van der Waals surface area (Å²) in [5.41, 5.74) is -1.30. The summed E-state index contributed by atoms with van der Waals surface area (Å²) in [7, 11) is 0. The van der Waals surface area contributed by atoms with Crippen molar-refractivity contribution in [3.63, 3.8) is 0 Å². The molecule has 0 fully saturated rings. The molecule has 0 saturated heterocycles. The van der Waals surface area contributed by atoms with Gasteiger partial charge in [-0.2, -0.15) is 0 Å². The van der Waals surface area contributed by atoms with Gasteiger partial charge in [0.25, 0.3) is 0 Å². The van der Waals surface area contributed by atoms with E-state index in [-0.39, 0.29) is 16.7 Å². The number of aliphatic carboxylic acids is 1. The maximum absolute atomic E-state index is 11.0. The molecule has 2 unspecified atom stereocenters. The zero-order valence-electron chi connectivity index (χ0n) is 7.41. The van der Waals surface area contributed by atoms with Gasteiger partial charge in [0.2, 0.25) is 0 Å². The van der Waals surface area contributed by atoms with Gasteiger partial charge < -0.3 is 10.2 Å². The zero-order valence-corrected chi connectivity index (χ0v) is 8.17. The molecule has 0 aliphatic heterocycles. The largest absolute Gasteiger partial charge is 0.510 e. The fraction of sp³-hybridized carbons (Fsp3) is 0.444. The highest BCUT2D eigenvalue weighted by molar-refractivity contribution is 6.31. The molecule has 1 aliphatic carbocycles. The number of hydrogen-bond acceptors (Lipinski definition) is 2. The Kier molecular flexibility index (Phi) is 2.39. The fourth-order valence-corrected chi connectivity index (χ4v) is 1.53. The summed E-state index contributed by atoms with van der Waals surface area (Å²) in [6.07, 6.45) is 3.20. The molecule has 0 amide bonds. The van der Waals surface area contributed by atoms with Crippen molar-refractivity contribution in [3.8, 4) is 0 Å². The van der Waals surface area contributed by atoms with Crippen molar-refractivity contribution in [2.24, 2.45) is 11.3 Å². The van der Waals surface area contributed by atoms with Crippen molar-refractivity contribution in [1.82, 2.24) is 0 Å². The summed E-state index contributed by atoms with van der Waals surface area (Å²) in [5.74, 6) is -1.61. The van der Waals surface area contributed by atoms with Gasteiger partial charge >= 0.3 is 5.97 Å². The third-order valence-electron chi connectivity index (χ3n) is 2.60. The second kappa shape index (κ2) is 3.07. The predicted molar refractivity (Wildman–Crippen MR) is 49.6 cm³/mol. The summed E-state index contributed by atoms with van der Waals surface area (Å²) in [5, 5.41) is 18.6. The average molecular weight is 203 g/mol. The van der Waals surface area contributed by atoms with Crippen molar-refractivity contribution in [1.29, 1.82) is 0 Å².